The molecule has 102 valence electrons. The Morgan fingerprint density at radius 3 is 3.00 bits per heavy atom. The largest absolute Gasteiger partial charge is 0.349 e. The predicted molar refractivity (Wildman–Crippen MR) is 73.4 cm³/mol. The number of aromatic nitrogens is 1. The molecule has 2 heterocycles. The van der Waals surface area contributed by atoms with E-state index in [-0.39, 0.29) is 17.9 Å². The van der Waals surface area contributed by atoms with Crippen LogP contribution in [0.25, 0.3) is 0 Å². The van der Waals surface area contributed by atoms with Crippen molar-refractivity contribution in [1.29, 1.82) is 0 Å². The summed E-state index contributed by atoms with van der Waals surface area (Å²) in [5.41, 5.74) is 1.38. The molecule has 1 aliphatic heterocycles. The monoisotopic (exact) mass is 259 g/mol. The summed E-state index contributed by atoms with van der Waals surface area (Å²) in [4.78, 5) is 16.4. The summed E-state index contributed by atoms with van der Waals surface area (Å²) in [5.74, 6) is 0.451. The van der Waals surface area contributed by atoms with Gasteiger partial charge in [0, 0.05) is 18.3 Å². The van der Waals surface area contributed by atoms with Gasteiger partial charge in [-0.3, -0.25) is 9.78 Å². The summed E-state index contributed by atoms with van der Waals surface area (Å²) >= 11 is 0. The Labute approximate surface area is 114 Å². The molecule has 2 N–H and O–H groups in total. The minimum atomic E-state index is 0.0422. The van der Waals surface area contributed by atoms with Crippen LogP contribution < -0.4 is 10.6 Å². The van der Waals surface area contributed by atoms with Crippen LogP contribution in [-0.2, 0) is 4.79 Å². The zero-order chi connectivity index (χ0) is 13.3. The quantitative estimate of drug-likeness (QED) is 0.868. The summed E-state index contributed by atoms with van der Waals surface area (Å²) in [7, 11) is 0. The fourth-order valence-corrected chi connectivity index (χ4v) is 3.23. The van der Waals surface area contributed by atoms with E-state index in [1.807, 2.05) is 25.3 Å². The van der Waals surface area contributed by atoms with E-state index in [0.29, 0.717) is 5.41 Å². The van der Waals surface area contributed by atoms with Gasteiger partial charge in [0.25, 0.3) is 0 Å². The van der Waals surface area contributed by atoms with E-state index in [1.165, 1.54) is 0 Å². The number of hydrogen-bond donors (Lipinski definition) is 2. The third-order valence-electron chi connectivity index (χ3n) is 4.65. The topological polar surface area (TPSA) is 54.0 Å². The number of amides is 1. The van der Waals surface area contributed by atoms with E-state index < -0.39 is 0 Å². The Morgan fingerprint density at radius 1 is 1.53 bits per heavy atom. The first-order chi connectivity index (χ1) is 9.21. The molecule has 1 spiro atoms. The normalized spacial score (nSPS) is 25.8. The van der Waals surface area contributed by atoms with Crippen molar-refractivity contribution in [2.75, 3.05) is 13.1 Å². The second-order valence-electron chi connectivity index (χ2n) is 5.89. The summed E-state index contributed by atoms with van der Waals surface area (Å²) in [5, 5.41) is 6.50. The number of piperidine rings is 1. The van der Waals surface area contributed by atoms with Crippen LogP contribution in [0.5, 0.6) is 0 Å². The molecule has 1 aliphatic carbocycles. The number of pyridine rings is 1. The average Bonchev–Trinajstić information content (AvgIpc) is 3.14. The van der Waals surface area contributed by atoms with Crippen LogP contribution in [0.4, 0.5) is 0 Å². The molecule has 4 heteroatoms. The highest BCUT2D eigenvalue weighted by molar-refractivity contribution is 5.83. The fraction of sp³-hybridized carbons (Fsp3) is 0.600. The van der Waals surface area contributed by atoms with Gasteiger partial charge in [0.2, 0.25) is 5.91 Å². The molecule has 2 unspecified atom stereocenters. The molecule has 2 aliphatic rings. The molecule has 0 aromatic carbocycles. The number of carbonyl (C=O) groups excluding carboxylic acids is 1. The van der Waals surface area contributed by atoms with Crippen LogP contribution in [0.2, 0.25) is 0 Å². The van der Waals surface area contributed by atoms with Crippen molar-refractivity contribution in [3.05, 3.63) is 30.1 Å². The molecule has 1 aromatic rings. The van der Waals surface area contributed by atoms with Crippen molar-refractivity contribution in [1.82, 2.24) is 15.6 Å². The Balaban J connectivity index is 1.58. The van der Waals surface area contributed by atoms with Gasteiger partial charge in [0.1, 0.15) is 0 Å². The zero-order valence-electron chi connectivity index (χ0n) is 11.4. The van der Waals surface area contributed by atoms with Gasteiger partial charge >= 0.3 is 0 Å². The predicted octanol–water partition coefficient (Wildman–Crippen LogP) is 1.65. The second-order valence-corrected chi connectivity index (χ2v) is 5.89. The molecular weight excluding hydrogens is 238 g/mol. The summed E-state index contributed by atoms with van der Waals surface area (Å²) in [6, 6.07) is 3.95. The Bertz CT molecular complexity index is 454. The summed E-state index contributed by atoms with van der Waals surface area (Å²) in [6.45, 7) is 4.14. The number of rotatable bonds is 3. The lowest BCUT2D eigenvalue weighted by Crippen LogP contribution is -2.34. The first-order valence-electron chi connectivity index (χ1n) is 7.12. The smallest absolute Gasteiger partial charge is 0.224 e. The maximum atomic E-state index is 12.3. The Kier molecular flexibility index (Phi) is 3.27. The van der Waals surface area contributed by atoms with Crippen LogP contribution in [-0.4, -0.2) is 24.0 Å². The summed E-state index contributed by atoms with van der Waals surface area (Å²) < 4.78 is 0. The van der Waals surface area contributed by atoms with Crippen molar-refractivity contribution in [3.63, 3.8) is 0 Å². The lowest BCUT2D eigenvalue weighted by Gasteiger charge is -2.23. The molecule has 0 radical (unpaired) electrons. The number of hydrogen-bond acceptors (Lipinski definition) is 3. The average molecular weight is 259 g/mol. The molecule has 3 rings (SSSR count). The number of nitrogens with one attached hydrogen (secondary N) is 2. The van der Waals surface area contributed by atoms with E-state index in [0.717, 1.165) is 37.9 Å². The highest BCUT2D eigenvalue weighted by atomic mass is 16.2. The lowest BCUT2D eigenvalue weighted by atomic mass is 9.91. The van der Waals surface area contributed by atoms with Gasteiger partial charge in [-0.1, -0.05) is 6.07 Å². The Hall–Kier alpha value is -1.42. The summed E-state index contributed by atoms with van der Waals surface area (Å²) in [6.07, 6.45) is 6.93. The van der Waals surface area contributed by atoms with Crippen molar-refractivity contribution in [2.45, 2.75) is 32.2 Å². The van der Waals surface area contributed by atoms with Gasteiger partial charge < -0.3 is 10.6 Å². The van der Waals surface area contributed by atoms with Crippen molar-refractivity contribution >= 4 is 5.91 Å². The van der Waals surface area contributed by atoms with Crippen LogP contribution in [0.15, 0.2) is 24.5 Å². The molecule has 19 heavy (non-hydrogen) atoms. The molecule has 4 nitrogen and oxygen atoms in total. The van der Waals surface area contributed by atoms with Crippen molar-refractivity contribution in [2.24, 2.45) is 11.3 Å². The second kappa shape index (κ2) is 4.93. The van der Waals surface area contributed by atoms with Gasteiger partial charge in [0.05, 0.1) is 6.04 Å². The molecule has 0 bridgehead atoms. The molecule has 2 fully saturated rings. The molecular formula is C15H21N3O. The molecule has 1 amide bonds. The molecule has 1 saturated carbocycles. The van der Waals surface area contributed by atoms with Gasteiger partial charge in [-0.15, -0.1) is 0 Å². The van der Waals surface area contributed by atoms with Gasteiger partial charge in [0.15, 0.2) is 0 Å². The van der Waals surface area contributed by atoms with Crippen molar-refractivity contribution in [3.8, 4) is 0 Å². The van der Waals surface area contributed by atoms with Gasteiger partial charge in [-0.2, -0.15) is 0 Å². The van der Waals surface area contributed by atoms with E-state index >= 15 is 0 Å². The minimum Gasteiger partial charge on any atom is -0.349 e. The first kappa shape index (κ1) is 12.6. The van der Waals surface area contributed by atoms with Crippen LogP contribution >= 0.6 is 0 Å². The number of nitrogens with zero attached hydrogens (tertiary/aromatic N) is 1. The van der Waals surface area contributed by atoms with Crippen molar-refractivity contribution < 1.29 is 4.79 Å². The van der Waals surface area contributed by atoms with E-state index in [2.05, 4.69) is 15.6 Å². The SMILES string of the molecule is CC(NC(=O)C1CC12CCNCC2)c1cccnc1. The molecule has 1 saturated heterocycles. The standard InChI is InChI=1S/C15H21N3O/c1-11(12-3-2-6-17-10-12)18-14(19)13-9-15(13)4-7-16-8-5-15/h2-3,6,10-11,13,16H,4-5,7-9H2,1H3,(H,18,19). The van der Waals surface area contributed by atoms with Crippen LogP contribution in [0.3, 0.4) is 0 Å². The van der Waals surface area contributed by atoms with Gasteiger partial charge in [-0.25, -0.2) is 0 Å². The molecule has 2 atom stereocenters. The third-order valence-corrected chi connectivity index (χ3v) is 4.65. The zero-order valence-corrected chi connectivity index (χ0v) is 11.4. The van der Waals surface area contributed by atoms with Crippen LogP contribution in [0.1, 0.15) is 37.8 Å². The maximum Gasteiger partial charge on any atom is 0.224 e. The minimum absolute atomic E-state index is 0.0422. The fourth-order valence-electron chi connectivity index (χ4n) is 3.23. The number of carbonyl (C=O) groups is 1. The highest BCUT2D eigenvalue weighted by Crippen LogP contribution is 2.58. The van der Waals surface area contributed by atoms with E-state index in [1.54, 1.807) is 6.20 Å². The van der Waals surface area contributed by atoms with E-state index in [9.17, 15) is 4.79 Å². The lowest BCUT2D eigenvalue weighted by molar-refractivity contribution is -0.123. The Morgan fingerprint density at radius 2 is 2.32 bits per heavy atom. The maximum absolute atomic E-state index is 12.3. The van der Waals surface area contributed by atoms with Crippen LogP contribution in [0, 0.1) is 11.3 Å². The van der Waals surface area contributed by atoms with Gasteiger partial charge in [-0.05, 0) is 56.3 Å². The third kappa shape index (κ3) is 2.50. The first-order valence-corrected chi connectivity index (χ1v) is 7.12. The highest BCUT2D eigenvalue weighted by Gasteiger charge is 2.57. The molecule has 1 aromatic heterocycles. The van der Waals surface area contributed by atoms with E-state index in [4.69, 9.17) is 0 Å².